The number of pyridine rings is 1. The highest BCUT2D eigenvalue weighted by Gasteiger charge is 2.25. The molecule has 1 amide bonds. The van der Waals surface area contributed by atoms with Gasteiger partial charge in [0, 0.05) is 32.0 Å². The summed E-state index contributed by atoms with van der Waals surface area (Å²) >= 11 is 0. The molecule has 0 aliphatic carbocycles. The second-order valence-electron chi connectivity index (χ2n) is 5.88. The third-order valence-electron chi connectivity index (χ3n) is 4.15. The normalized spacial score (nSPS) is 12.1. The van der Waals surface area contributed by atoms with E-state index in [1.54, 1.807) is 4.90 Å². The van der Waals surface area contributed by atoms with Crippen LogP contribution in [-0.2, 0) is 11.3 Å². The number of nitrogens with zero attached hydrogens (tertiary/aromatic N) is 2. The standard InChI is InChI=1S/C20H21N2O/c1-16(20(23)21(2)14-17-8-4-3-5-9-17)22-13-12-18-10-6-7-11-19(18)15-22/h3-13,15-16H,14H2,1-2H3/q+1/t16-/m0/s1. The summed E-state index contributed by atoms with van der Waals surface area (Å²) in [6.07, 6.45) is 4.01. The Bertz CT molecular complexity index is 814. The number of carbonyl (C=O) groups excluding carboxylic acids is 1. The van der Waals surface area contributed by atoms with Gasteiger partial charge in [0.25, 0.3) is 5.91 Å². The lowest BCUT2D eigenvalue weighted by Crippen LogP contribution is -2.46. The van der Waals surface area contributed by atoms with Gasteiger partial charge in [-0.05, 0) is 17.0 Å². The topological polar surface area (TPSA) is 24.2 Å². The van der Waals surface area contributed by atoms with E-state index in [1.807, 2.05) is 73.4 Å². The van der Waals surface area contributed by atoms with E-state index in [4.69, 9.17) is 0 Å². The zero-order chi connectivity index (χ0) is 16.2. The number of hydrogen-bond donors (Lipinski definition) is 0. The van der Waals surface area contributed by atoms with Crippen LogP contribution in [0.15, 0.2) is 73.1 Å². The second kappa shape index (κ2) is 6.61. The van der Waals surface area contributed by atoms with Crippen LogP contribution < -0.4 is 4.57 Å². The molecule has 3 aromatic rings. The minimum atomic E-state index is -0.228. The van der Waals surface area contributed by atoms with Crippen LogP contribution in [0.3, 0.4) is 0 Å². The Morgan fingerprint density at radius 3 is 2.39 bits per heavy atom. The molecule has 0 spiro atoms. The molecule has 116 valence electrons. The fraction of sp³-hybridized carbons (Fsp3) is 0.200. The molecule has 0 saturated carbocycles. The maximum Gasteiger partial charge on any atom is 0.291 e. The predicted molar refractivity (Wildman–Crippen MR) is 91.8 cm³/mol. The van der Waals surface area contributed by atoms with Crippen LogP contribution >= 0.6 is 0 Å². The molecule has 0 saturated heterocycles. The van der Waals surface area contributed by atoms with Crippen LogP contribution in [0.4, 0.5) is 0 Å². The summed E-state index contributed by atoms with van der Waals surface area (Å²) < 4.78 is 1.98. The SMILES string of the molecule is C[C@@H](C(=O)N(C)Cc1ccccc1)[n+]1ccc2ccccc2c1. The third kappa shape index (κ3) is 3.39. The molecule has 0 unspecified atom stereocenters. The number of amides is 1. The van der Waals surface area contributed by atoms with Crippen molar-refractivity contribution >= 4 is 16.7 Å². The van der Waals surface area contributed by atoms with Crippen LogP contribution in [-0.4, -0.2) is 17.9 Å². The largest absolute Gasteiger partial charge is 0.336 e. The van der Waals surface area contributed by atoms with Gasteiger partial charge in [-0.2, -0.15) is 4.57 Å². The van der Waals surface area contributed by atoms with Crippen molar-refractivity contribution in [1.82, 2.24) is 4.90 Å². The maximum atomic E-state index is 12.7. The average molecular weight is 305 g/mol. The number of benzene rings is 2. The molecule has 0 bridgehead atoms. The average Bonchev–Trinajstić information content (AvgIpc) is 2.61. The molecule has 1 atom stereocenters. The first-order chi connectivity index (χ1) is 11.1. The number of hydrogen-bond acceptors (Lipinski definition) is 1. The number of likely N-dealkylation sites (N-methyl/N-ethyl adjacent to an activating group) is 1. The second-order valence-corrected chi connectivity index (χ2v) is 5.88. The number of aromatic nitrogens is 1. The van der Waals surface area contributed by atoms with Crippen LogP contribution in [0.2, 0.25) is 0 Å². The fourth-order valence-corrected chi connectivity index (χ4v) is 2.77. The van der Waals surface area contributed by atoms with Gasteiger partial charge in [0.2, 0.25) is 6.04 Å². The molecule has 0 radical (unpaired) electrons. The van der Waals surface area contributed by atoms with E-state index in [0.717, 1.165) is 10.9 Å². The van der Waals surface area contributed by atoms with Gasteiger partial charge in [0.15, 0.2) is 12.4 Å². The molecule has 1 heterocycles. The molecule has 0 aliphatic rings. The Hall–Kier alpha value is -2.68. The lowest BCUT2D eigenvalue weighted by atomic mass is 10.1. The van der Waals surface area contributed by atoms with Gasteiger partial charge in [0.1, 0.15) is 0 Å². The Kier molecular flexibility index (Phi) is 4.38. The van der Waals surface area contributed by atoms with E-state index in [-0.39, 0.29) is 11.9 Å². The molecule has 1 aromatic heterocycles. The smallest absolute Gasteiger partial charge is 0.291 e. The van der Waals surface area contributed by atoms with Crippen molar-refractivity contribution in [2.75, 3.05) is 7.05 Å². The molecular formula is C20H21N2O+. The third-order valence-corrected chi connectivity index (χ3v) is 4.15. The summed E-state index contributed by atoms with van der Waals surface area (Å²) in [6, 6.07) is 20.1. The first-order valence-corrected chi connectivity index (χ1v) is 7.83. The van der Waals surface area contributed by atoms with Crippen LogP contribution in [0.25, 0.3) is 10.8 Å². The van der Waals surface area contributed by atoms with E-state index in [0.29, 0.717) is 6.54 Å². The van der Waals surface area contributed by atoms with Gasteiger partial charge < -0.3 is 4.90 Å². The summed E-state index contributed by atoms with van der Waals surface area (Å²) in [4.78, 5) is 14.5. The highest BCUT2D eigenvalue weighted by Crippen LogP contribution is 2.12. The minimum Gasteiger partial charge on any atom is -0.336 e. The molecule has 2 aromatic carbocycles. The van der Waals surface area contributed by atoms with Crippen LogP contribution in [0.1, 0.15) is 18.5 Å². The molecule has 3 rings (SSSR count). The fourth-order valence-electron chi connectivity index (χ4n) is 2.77. The van der Waals surface area contributed by atoms with Gasteiger partial charge in [0.05, 0.1) is 0 Å². The Labute approximate surface area is 136 Å². The van der Waals surface area contributed by atoms with E-state index < -0.39 is 0 Å². The van der Waals surface area contributed by atoms with Gasteiger partial charge in [-0.1, -0.05) is 48.5 Å². The highest BCUT2D eigenvalue weighted by molar-refractivity contribution is 5.81. The molecule has 0 aliphatic heterocycles. The van der Waals surface area contributed by atoms with Gasteiger partial charge in [-0.3, -0.25) is 4.79 Å². The zero-order valence-corrected chi connectivity index (χ0v) is 13.5. The molecule has 3 nitrogen and oxygen atoms in total. The summed E-state index contributed by atoms with van der Waals surface area (Å²) in [5, 5.41) is 2.32. The van der Waals surface area contributed by atoms with E-state index in [1.165, 1.54) is 5.39 Å². The van der Waals surface area contributed by atoms with Crippen LogP contribution in [0, 0.1) is 0 Å². The lowest BCUT2D eigenvalue weighted by molar-refractivity contribution is -0.705. The maximum absolute atomic E-state index is 12.7. The van der Waals surface area contributed by atoms with Crippen molar-refractivity contribution < 1.29 is 9.36 Å². The van der Waals surface area contributed by atoms with E-state index in [2.05, 4.69) is 18.2 Å². The quantitative estimate of drug-likeness (QED) is 0.678. The highest BCUT2D eigenvalue weighted by atomic mass is 16.2. The minimum absolute atomic E-state index is 0.106. The monoisotopic (exact) mass is 305 g/mol. The summed E-state index contributed by atoms with van der Waals surface area (Å²) in [5.74, 6) is 0.106. The van der Waals surface area contributed by atoms with Crippen molar-refractivity contribution in [2.45, 2.75) is 19.5 Å². The summed E-state index contributed by atoms with van der Waals surface area (Å²) in [5.41, 5.74) is 1.14. The van der Waals surface area contributed by atoms with E-state index in [9.17, 15) is 4.79 Å². The van der Waals surface area contributed by atoms with Crippen LogP contribution in [0.5, 0.6) is 0 Å². The van der Waals surface area contributed by atoms with Gasteiger partial charge in [-0.25, -0.2) is 0 Å². The van der Waals surface area contributed by atoms with Gasteiger partial charge in [-0.15, -0.1) is 0 Å². The Morgan fingerprint density at radius 2 is 1.65 bits per heavy atom. The number of carbonyl (C=O) groups is 1. The summed E-state index contributed by atoms with van der Waals surface area (Å²) in [7, 11) is 1.85. The first kappa shape index (κ1) is 15.2. The van der Waals surface area contributed by atoms with Crippen molar-refractivity contribution in [2.24, 2.45) is 0 Å². The Balaban J connectivity index is 1.77. The molecule has 0 fully saturated rings. The van der Waals surface area contributed by atoms with Crippen molar-refractivity contribution in [3.8, 4) is 0 Å². The summed E-state index contributed by atoms with van der Waals surface area (Å²) in [6.45, 7) is 2.57. The Morgan fingerprint density at radius 1 is 1.00 bits per heavy atom. The van der Waals surface area contributed by atoms with Crippen molar-refractivity contribution in [3.05, 3.63) is 78.6 Å². The molecule has 23 heavy (non-hydrogen) atoms. The number of rotatable bonds is 4. The predicted octanol–water partition coefficient (Wildman–Crippen LogP) is 3.35. The van der Waals surface area contributed by atoms with Crippen molar-refractivity contribution in [3.63, 3.8) is 0 Å². The molecule has 3 heteroatoms. The lowest BCUT2D eigenvalue weighted by Gasteiger charge is -2.19. The van der Waals surface area contributed by atoms with Crippen molar-refractivity contribution in [1.29, 1.82) is 0 Å². The van der Waals surface area contributed by atoms with E-state index >= 15 is 0 Å². The van der Waals surface area contributed by atoms with Gasteiger partial charge >= 0.3 is 0 Å². The first-order valence-electron chi connectivity index (χ1n) is 7.83. The zero-order valence-electron chi connectivity index (χ0n) is 13.5. The molecule has 0 N–H and O–H groups in total. The molecular weight excluding hydrogens is 284 g/mol. The number of fused-ring (bicyclic) bond motifs is 1.